The Morgan fingerprint density at radius 2 is 1.74 bits per heavy atom. The molecule has 4 nitrogen and oxygen atoms in total. The average molecular weight is 310 g/mol. The smallest absolute Gasteiger partial charge is 0.252 e. The number of hydrogen-bond acceptors (Lipinski definition) is 2. The van der Waals surface area contributed by atoms with Crippen molar-refractivity contribution < 1.29 is 9.59 Å². The first-order valence-electron chi connectivity index (χ1n) is 8.24. The van der Waals surface area contributed by atoms with Crippen molar-refractivity contribution in [1.29, 1.82) is 0 Å². The largest absolute Gasteiger partial charge is 0.352 e. The number of nitrogens with one attached hydrogen (secondary N) is 2. The summed E-state index contributed by atoms with van der Waals surface area (Å²) in [6.45, 7) is 1.73. The second-order valence-corrected chi connectivity index (χ2v) is 6.21. The molecule has 1 atom stereocenters. The van der Waals surface area contributed by atoms with Gasteiger partial charge in [-0.05, 0) is 36.6 Å². The number of fused-ring (bicyclic) bond motifs is 1. The minimum atomic E-state index is -0.540. The number of carbonyl (C=O) groups is 2. The predicted octanol–water partition coefficient (Wildman–Crippen LogP) is 3.02. The molecule has 1 aliphatic carbocycles. The van der Waals surface area contributed by atoms with Crippen molar-refractivity contribution in [3.05, 3.63) is 48.0 Å². The van der Waals surface area contributed by atoms with E-state index in [-0.39, 0.29) is 17.9 Å². The molecule has 2 aromatic rings. The van der Waals surface area contributed by atoms with Crippen molar-refractivity contribution in [2.75, 3.05) is 0 Å². The van der Waals surface area contributed by atoms with Gasteiger partial charge in [0.15, 0.2) is 0 Å². The minimum Gasteiger partial charge on any atom is -0.352 e. The third-order valence-electron chi connectivity index (χ3n) is 4.48. The van der Waals surface area contributed by atoms with Gasteiger partial charge in [-0.3, -0.25) is 9.59 Å². The fourth-order valence-electron chi connectivity index (χ4n) is 3.16. The van der Waals surface area contributed by atoms with Gasteiger partial charge in [-0.15, -0.1) is 0 Å². The van der Waals surface area contributed by atoms with Gasteiger partial charge in [-0.25, -0.2) is 0 Å². The normalized spacial score (nSPS) is 16.2. The first-order valence-corrected chi connectivity index (χ1v) is 8.24. The highest BCUT2D eigenvalue weighted by molar-refractivity contribution is 6.08. The molecule has 0 bridgehead atoms. The van der Waals surface area contributed by atoms with Gasteiger partial charge in [0, 0.05) is 11.6 Å². The van der Waals surface area contributed by atoms with Crippen LogP contribution in [-0.2, 0) is 4.79 Å². The summed E-state index contributed by atoms with van der Waals surface area (Å²) in [4.78, 5) is 24.7. The second kappa shape index (κ2) is 6.82. The van der Waals surface area contributed by atoms with Crippen LogP contribution in [0.1, 0.15) is 43.0 Å². The van der Waals surface area contributed by atoms with Crippen LogP contribution in [0.2, 0.25) is 0 Å². The van der Waals surface area contributed by atoms with E-state index in [0.29, 0.717) is 5.56 Å². The van der Waals surface area contributed by atoms with Crippen LogP contribution in [0.4, 0.5) is 0 Å². The minimum absolute atomic E-state index is 0.106. The molecule has 23 heavy (non-hydrogen) atoms. The molecule has 0 heterocycles. The van der Waals surface area contributed by atoms with Gasteiger partial charge in [-0.1, -0.05) is 49.2 Å². The maximum Gasteiger partial charge on any atom is 0.252 e. The Hall–Kier alpha value is -2.36. The summed E-state index contributed by atoms with van der Waals surface area (Å²) >= 11 is 0. The SMILES string of the molecule is C[C@@H](NC(=O)c1cccc2ccccc12)C(=O)NC1CCCC1. The van der Waals surface area contributed by atoms with E-state index in [1.165, 1.54) is 12.8 Å². The lowest BCUT2D eigenvalue weighted by Crippen LogP contribution is -2.47. The number of carbonyl (C=O) groups excluding carboxylic acids is 2. The third kappa shape index (κ3) is 3.52. The number of hydrogen-bond donors (Lipinski definition) is 2. The van der Waals surface area contributed by atoms with Crippen molar-refractivity contribution >= 4 is 22.6 Å². The Balaban J connectivity index is 1.69. The fourth-order valence-corrected chi connectivity index (χ4v) is 3.16. The van der Waals surface area contributed by atoms with Crippen LogP contribution in [0.25, 0.3) is 10.8 Å². The van der Waals surface area contributed by atoms with Crippen molar-refractivity contribution in [3.8, 4) is 0 Å². The zero-order valence-electron chi connectivity index (χ0n) is 13.3. The lowest BCUT2D eigenvalue weighted by molar-refractivity contribution is -0.123. The van der Waals surface area contributed by atoms with E-state index in [1.807, 2.05) is 36.4 Å². The molecule has 0 spiro atoms. The summed E-state index contributed by atoms with van der Waals surface area (Å²) < 4.78 is 0. The van der Waals surface area contributed by atoms with Gasteiger partial charge < -0.3 is 10.6 Å². The van der Waals surface area contributed by atoms with E-state index >= 15 is 0 Å². The number of benzene rings is 2. The van der Waals surface area contributed by atoms with Crippen LogP contribution < -0.4 is 10.6 Å². The lowest BCUT2D eigenvalue weighted by Gasteiger charge is -2.18. The molecule has 2 amide bonds. The van der Waals surface area contributed by atoms with Crippen LogP contribution >= 0.6 is 0 Å². The Kier molecular flexibility index (Phi) is 4.60. The van der Waals surface area contributed by atoms with Crippen molar-refractivity contribution in [3.63, 3.8) is 0 Å². The van der Waals surface area contributed by atoms with E-state index in [0.717, 1.165) is 23.6 Å². The van der Waals surface area contributed by atoms with Crippen LogP contribution in [0.5, 0.6) is 0 Å². The molecule has 2 aromatic carbocycles. The Morgan fingerprint density at radius 1 is 1.04 bits per heavy atom. The van der Waals surface area contributed by atoms with E-state index in [4.69, 9.17) is 0 Å². The zero-order chi connectivity index (χ0) is 16.2. The van der Waals surface area contributed by atoms with Gasteiger partial charge in [0.1, 0.15) is 6.04 Å². The van der Waals surface area contributed by atoms with Crippen LogP contribution in [-0.4, -0.2) is 23.9 Å². The maximum atomic E-state index is 12.5. The summed E-state index contributed by atoms with van der Waals surface area (Å²) in [6.07, 6.45) is 4.41. The van der Waals surface area contributed by atoms with E-state index in [9.17, 15) is 9.59 Å². The van der Waals surface area contributed by atoms with Gasteiger partial charge in [-0.2, -0.15) is 0 Å². The molecule has 0 aliphatic heterocycles. The molecule has 120 valence electrons. The first kappa shape index (κ1) is 15.5. The zero-order valence-corrected chi connectivity index (χ0v) is 13.3. The molecule has 0 saturated heterocycles. The van der Waals surface area contributed by atoms with Gasteiger partial charge in [0.25, 0.3) is 5.91 Å². The molecule has 4 heteroatoms. The van der Waals surface area contributed by atoms with E-state index in [1.54, 1.807) is 13.0 Å². The third-order valence-corrected chi connectivity index (χ3v) is 4.48. The van der Waals surface area contributed by atoms with Gasteiger partial charge >= 0.3 is 0 Å². The lowest BCUT2D eigenvalue weighted by atomic mass is 10.0. The van der Waals surface area contributed by atoms with Crippen LogP contribution in [0, 0.1) is 0 Å². The quantitative estimate of drug-likeness (QED) is 0.912. The van der Waals surface area contributed by atoms with E-state index in [2.05, 4.69) is 10.6 Å². The highest BCUT2D eigenvalue weighted by Gasteiger charge is 2.22. The summed E-state index contributed by atoms with van der Waals surface area (Å²) in [5.41, 5.74) is 0.601. The predicted molar refractivity (Wildman–Crippen MR) is 91.3 cm³/mol. The van der Waals surface area contributed by atoms with Crippen LogP contribution in [0.15, 0.2) is 42.5 Å². The Labute approximate surface area is 136 Å². The van der Waals surface area contributed by atoms with Crippen molar-refractivity contribution in [2.45, 2.75) is 44.7 Å². The second-order valence-electron chi connectivity index (χ2n) is 6.21. The number of rotatable bonds is 4. The molecule has 1 aliphatic rings. The molecule has 3 rings (SSSR count). The molecular formula is C19H22N2O2. The van der Waals surface area contributed by atoms with E-state index < -0.39 is 6.04 Å². The molecule has 1 fully saturated rings. The maximum absolute atomic E-state index is 12.5. The fraction of sp³-hybridized carbons (Fsp3) is 0.368. The molecular weight excluding hydrogens is 288 g/mol. The highest BCUT2D eigenvalue weighted by atomic mass is 16.2. The molecule has 0 radical (unpaired) electrons. The molecule has 0 aromatic heterocycles. The molecule has 1 saturated carbocycles. The van der Waals surface area contributed by atoms with Crippen molar-refractivity contribution in [2.24, 2.45) is 0 Å². The Bertz CT molecular complexity index is 715. The summed E-state index contributed by atoms with van der Waals surface area (Å²) in [5, 5.41) is 7.75. The standard InChI is InChI=1S/C19H22N2O2/c1-13(18(22)21-15-9-3-4-10-15)20-19(23)17-12-6-8-14-7-2-5-11-16(14)17/h2,5-8,11-13,15H,3-4,9-10H2,1H3,(H,20,23)(H,21,22)/t13-/m1/s1. The molecule has 0 unspecified atom stereocenters. The summed E-state index contributed by atoms with van der Waals surface area (Å²) in [6, 6.07) is 13.1. The molecule has 2 N–H and O–H groups in total. The monoisotopic (exact) mass is 310 g/mol. The Morgan fingerprint density at radius 3 is 2.52 bits per heavy atom. The average Bonchev–Trinajstić information content (AvgIpc) is 3.07. The highest BCUT2D eigenvalue weighted by Crippen LogP contribution is 2.19. The van der Waals surface area contributed by atoms with Gasteiger partial charge in [0.2, 0.25) is 5.91 Å². The topological polar surface area (TPSA) is 58.2 Å². The first-order chi connectivity index (χ1) is 11.1. The van der Waals surface area contributed by atoms with Crippen molar-refractivity contribution in [1.82, 2.24) is 10.6 Å². The number of amides is 2. The summed E-state index contributed by atoms with van der Waals surface area (Å²) in [5.74, 6) is -0.318. The summed E-state index contributed by atoms with van der Waals surface area (Å²) in [7, 11) is 0. The van der Waals surface area contributed by atoms with Crippen LogP contribution in [0.3, 0.4) is 0 Å². The van der Waals surface area contributed by atoms with Gasteiger partial charge in [0.05, 0.1) is 0 Å².